The molecule has 0 spiro atoms. The van der Waals surface area contributed by atoms with Crippen molar-refractivity contribution < 1.29 is 8.95 Å². The number of nitrogens with zero attached hydrogens (tertiary/aromatic N) is 1. The molecule has 1 saturated carbocycles. The third-order valence-corrected chi connectivity index (χ3v) is 6.15. The molecule has 2 aliphatic rings. The second kappa shape index (κ2) is 5.29. The fourth-order valence-corrected chi connectivity index (χ4v) is 4.92. The molecule has 1 aliphatic carbocycles. The van der Waals surface area contributed by atoms with E-state index in [1.54, 1.807) is 0 Å². The van der Waals surface area contributed by atoms with Crippen LogP contribution in [-0.4, -0.2) is 27.4 Å². The lowest BCUT2D eigenvalue weighted by Crippen LogP contribution is -2.36. The van der Waals surface area contributed by atoms with Crippen molar-refractivity contribution in [3.63, 3.8) is 0 Å². The molecule has 0 amide bonds. The second-order valence-corrected chi connectivity index (χ2v) is 6.66. The number of hydrogen-bond donors (Lipinski definition) is 0. The normalized spacial score (nSPS) is 41.5. The van der Waals surface area contributed by atoms with Crippen molar-refractivity contribution in [1.29, 1.82) is 5.26 Å². The van der Waals surface area contributed by atoms with Crippen LogP contribution in [0.5, 0.6) is 0 Å². The average Bonchev–Trinajstić information content (AvgIpc) is 2.74. The van der Waals surface area contributed by atoms with Gasteiger partial charge in [0.25, 0.3) is 0 Å². The lowest BCUT2D eigenvalue weighted by Gasteiger charge is -2.29. The molecule has 16 heavy (non-hydrogen) atoms. The van der Waals surface area contributed by atoms with Gasteiger partial charge in [0.15, 0.2) is 0 Å². The predicted molar refractivity (Wildman–Crippen MR) is 63.3 cm³/mol. The Hall–Kier alpha value is -0.400. The Bertz CT molecular complexity index is 313. The van der Waals surface area contributed by atoms with Gasteiger partial charge in [-0.3, -0.25) is 4.21 Å². The quantitative estimate of drug-likeness (QED) is 0.743. The smallest absolute Gasteiger partial charge is 0.0691 e. The first-order valence-electron chi connectivity index (χ1n) is 6.14. The van der Waals surface area contributed by atoms with Crippen molar-refractivity contribution >= 4 is 10.8 Å². The highest BCUT2D eigenvalue weighted by Crippen LogP contribution is 2.32. The molecule has 2 fully saturated rings. The molecule has 2 rings (SSSR count). The van der Waals surface area contributed by atoms with Gasteiger partial charge in [-0.05, 0) is 26.2 Å². The third kappa shape index (κ3) is 2.31. The number of rotatable bonds is 2. The van der Waals surface area contributed by atoms with Crippen LogP contribution < -0.4 is 0 Å². The fourth-order valence-electron chi connectivity index (χ4n) is 2.76. The molecule has 0 radical (unpaired) electrons. The molecular weight excluding hydrogens is 222 g/mol. The zero-order valence-corrected chi connectivity index (χ0v) is 10.5. The minimum Gasteiger partial charge on any atom is -0.377 e. The van der Waals surface area contributed by atoms with Gasteiger partial charge in [0.05, 0.1) is 28.6 Å². The highest BCUT2D eigenvalue weighted by Gasteiger charge is 2.38. The largest absolute Gasteiger partial charge is 0.377 e. The van der Waals surface area contributed by atoms with Crippen LogP contribution in [0.3, 0.4) is 0 Å². The van der Waals surface area contributed by atoms with Crippen molar-refractivity contribution in [3.8, 4) is 6.07 Å². The maximum Gasteiger partial charge on any atom is 0.0691 e. The number of nitriles is 1. The minimum atomic E-state index is -0.889. The van der Waals surface area contributed by atoms with Crippen LogP contribution in [0.1, 0.15) is 39.0 Å². The van der Waals surface area contributed by atoms with Gasteiger partial charge in [-0.25, -0.2) is 0 Å². The molecule has 0 aromatic carbocycles. The van der Waals surface area contributed by atoms with Crippen LogP contribution >= 0.6 is 0 Å². The summed E-state index contributed by atoms with van der Waals surface area (Å²) in [6.07, 6.45) is 5.10. The zero-order chi connectivity index (χ0) is 11.5. The van der Waals surface area contributed by atoms with Gasteiger partial charge >= 0.3 is 0 Å². The van der Waals surface area contributed by atoms with Crippen LogP contribution in [0.15, 0.2) is 0 Å². The number of hydrogen-bond acceptors (Lipinski definition) is 3. The van der Waals surface area contributed by atoms with E-state index in [4.69, 9.17) is 10.00 Å². The van der Waals surface area contributed by atoms with E-state index in [-0.39, 0.29) is 22.5 Å². The molecular formula is C12H19NO2S. The van der Waals surface area contributed by atoms with E-state index in [0.29, 0.717) is 0 Å². The molecule has 5 atom stereocenters. The summed E-state index contributed by atoms with van der Waals surface area (Å²) >= 11 is 0. The summed E-state index contributed by atoms with van der Waals surface area (Å²) in [6, 6.07) is 2.34. The Morgan fingerprint density at radius 2 is 2.00 bits per heavy atom. The molecule has 0 aromatic heterocycles. The molecule has 5 unspecified atom stereocenters. The maximum absolute atomic E-state index is 12.5. The lowest BCUT2D eigenvalue weighted by atomic mass is 9.90. The van der Waals surface area contributed by atoms with Crippen LogP contribution in [0.2, 0.25) is 0 Å². The summed E-state index contributed by atoms with van der Waals surface area (Å²) in [5, 5.41) is 9.35. The van der Waals surface area contributed by atoms with Crippen molar-refractivity contribution in [2.75, 3.05) is 6.61 Å². The average molecular weight is 241 g/mol. The lowest BCUT2D eigenvalue weighted by molar-refractivity contribution is 0.126. The Labute approximate surface area is 99.6 Å². The second-order valence-electron chi connectivity index (χ2n) is 4.79. The first-order chi connectivity index (χ1) is 7.74. The van der Waals surface area contributed by atoms with Gasteiger partial charge in [0, 0.05) is 17.4 Å². The van der Waals surface area contributed by atoms with Crippen LogP contribution in [0.25, 0.3) is 0 Å². The van der Waals surface area contributed by atoms with E-state index in [0.717, 1.165) is 38.7 Å². The Kier molecular flexibility index (Phi) is 3.99. The first-order valence-corrected chi connectivity index (χ1v) is 7.42. The summed E-state index contributed by atoms with van der Waals surface area (Å²) in [5.41, 5.74) is 0. The molecule has 1 aliphatic heterocycles. The molecule has 0 N–H and O–H groups in total. The van der Waals surface area contributed by atoms with Gasteiger partial charge in [-0.2, -0.15) is 5.26 Å². The summed E-state index contributed by atoms with van der Waals surface area (Å²) < 4.78 is 17.9. The number of ether oxygens (including phenoxy) is 1. The van der Waals surface area contributed by atoms with E-state index in [9.17, 15) is 4.21 Å². The van der Waals surface area contributed by atoms with Crippen LogP contribution in [0.4, 0.5) is 0 Å². The monoisotopic (exact) mass is 241 g/mol. The van der Waals surface area contributed by atoms with E-state index < -0.39 is 10.8 Å². The van der Waals surface area contributed by atoms with Crippen LogP contribution in [0, 0.1) is 17.2 Å². The molecule has 0 bridgehead atoms. The van der Waals surface area contributed by atoms with E-state index >= 15 is 0 Å². The summed E-state index contributed by atoms with van der Waals surface area (Å²) in [4.78, 5) is 0. The van der Waals surface area contributed by atoms with Crippen molar-refractivity contribution in [2.24, 2.45) is 5.92 Å². The Morgan fingerprint density at radius 3 is 2.62 bits per heavy atom. The molecule has 1 heterocycles. The van der Waals surface area contributed by atoms with Gasteiger partial charge < -0.3 is 4.74 Å². The molecule has 3 nitrogen and oxygen atoms in total. The van der Waals surface area contributed by atoms with Gasteiger partial charge in [0.1, 0.15) is 0 Å². The highest BCUT2D eigenvalue weighted by atomic mass is 32.2. The van der Waals surface area contributed by atoms with E-state index in [2.05, 4.69) is 6.07 Å². The molecule has 4 heteroatoms. The zero-order valence-electron chi connectivity index (χ0n) is 9.72. The third-order valence-electron chi connectivity index (χ3n) is 3.77. The maximum atomic E-state index is 12.5. The van der Waals surface area contributed by atoms with Crippen LogP contribution in [-0.2, 0) is 15.5 Å². The van der Waals surface area contributed by atoms with E-state index in [1.165, 1.54) is 0 Å². The summed E-state index contributed by atoms with van der Waals surface area (Å²) in [7, 11) is -0.889. The van der Waals surface area contributed by atoms with Crippen molar-refractivity contribution in [1.82, 2.24) is 0 Å². The highest BCUT2D eigenvalue weighted by molar-refractivity contribution is 7.86. The molecule has 1 saturated heterocycles. The Morgan fingerprint density at radius 1 is 1.25 bits per heavy atom. The SMILES string of the molecule is CC1OCCC1S(=O)C1CCCCC1C#N. The van der Waals surface area contributed by atoms with Gasteiger partial charge in [0.2, 0.25) is 0 Å². The minimum absolute atomic E-state index is 0.00221. The topological polar surface area (TPSA) is 50.1 Å². The predicted octanol–water partition coefficient (Wildman–Crippen LogP) is 1.99. The van der Waals surface area contributed by atoms with Gasteiger partial charge in [-0.1, -0.05) is 12.8 Å². The fraction of sp³-hybridized carbons (Fsp3) is 0.917. The summed E-state index contributed by atoms with van der Waals surface area (Å²) in [6.45, 7) is 2.72. The van der Waals surface area contributed by atoms with E-state index in [1.807, 2.05) is 6.92 Å². The van der Waals surface area contributed by atoms with Crippen molar-refractivity contribution in [3.05, 3.63) is 0 Å². The standard InChI is InChI=1S/C12H19NO2S/c1-9-11(6-7-15-9)16(14)12-5-3-2-4-10(12)8-13/h9-12H,2-7H2,1H3. The summed E-state index contributed by atoms with van der Waals surface area (Å²) in [5.74, 6) is 0.00221. The Balaban J connectivity index is 2.05. The first kappa shape index (κ1) is 12.1. The van der Waals surface area contributed by atoms with Gasteiger partial charge in [-0.15, -0.1) is 0 Å². The van der Waals surface area contributed by atoms with Crippen molar-refractivity contribution in [2.45, 2.75) is 55.6 Å². The molecule has 0 aromatic rings. The molecule has 90 valence electrons.